The van der Waals surface area contributed by atoms with E-state index in [-0.39, 0.29) is 0 Å². The highest BCUT2D eigenvalue weighted by atomic mass is 19.1. The van der Waals surface area contributed by atoms with Crippen molar-refractivity contribution < 1.29 is 8.78 Å². The van der Waals surface area contributed by atoms with E-state index in [9.17, 15) is 8.78 Å². The molecule has 0 atom stereocenters. The Balaban J connectivity index is 1.98. The number of aliphatic imine (C=N–C) groups is 1. The highest BCUT2D eigenvalue weighted by Crippen LogP contribution is 2.10. The standard InChI is InChI=1S/C17H23F2N5/c1-4-20-17(23(2)11-13-10-22-24(3)12-13)21-8-7-14-5-6-15(18)9-16(14)19/h5-6,9-10,12H,4,7-8,11H2,1-3H3,(H,20,21). The highest BCUT2D eigenvalue weighted by molar-refractivity contribution is 5.79. The number of guanidine groups is 1. The van der Waals surface area contributed by atoms with Gasteiger partial charge in [-0.3, -0.25) is 9.67 Å². The van der Waals surface area contributed by atoms with Crippen molar-refractivity contribution in [1.82, 2.24) is 20.0 Å². The van der Waals surface area contributed by atoms with Crippen LogP contribution in [0.4, 0.5) is 8.78 Å². The molecule has 0 aliphatic heterocycles. The minimum absolute atomic E-state index is 0.418. The van der Waals surface area contributed by atoms with Gasteiger partial charge in [-0.1, -0.05) is 6.07 Å². The summed E-state index contributed by atoms with van der Waals surface area (Å²) in [5, 5.41) is 7.37. The first-order valence-corrected chi connectivity index (χ1v) is 7.90. The largest absolute Gasteiger partial charge is 0.357 e. The maximum Gasteiger partial charge on any atom is 0.193 e. The number of hydrogen-bond acceptors (Lipinski definition) is 2. The van der Waals surface area contributed by atoms with Gasteiger partial charge in [0, 0.05) is 51.6 Å². The van der Waals surface area contributed by atoms with Crippen molar-refractivity contribution in [3.05, 3.63) is 53.4 Å². The van der Waals surface area contributed by atoms with Crippen molar-refractivity contribution in [3.8, 4) is 0 Å². The van der Waals surface area contributed by atoms with Gasteiger partial charge in [-0.2, -0.15) is 5.10 Å². The lowest BCUT2D eigenvalue weighted by Crippen LogP contribution is -2.38. The van der Waals surface area contributed by atoms with Crippen molar-refractivity contribution in [1.29, 1.82) is 0 Å². The average Bonchev–Trinajstić information content (AvgIpc) is 2.93. The van der Waals surface area contributed by atoms with Gasteiger partial charge in [0.15, 0.2) is 5.96 Å². The smallest absolute Gasteiger partial charge is 0.193 e. The van der Waals surface area contributed by atoms with Crippen LogP contribution >= 0.6 is 0 Å². The number of nitrogens with one attached hydrogen (secondary N) is 1. The summed E-state index contributed by atoms with van der Waals surface area (Å²) in [7, 11) is 3.81. The van der Waals surface area contributed by atoms with Crippen LogP contribution in [0.2, 0.25) is 0 Å². The Morgan fingerprint density at radius 3 is 2.79 bits per heavy atom. The van der Waals surface area contributed by atoms with Crippen LogP contribution in [0.15, 0.2) is 35.6 Å². The number of halogens is 2. The summed E-state index contributed by atoms with van der Waals surface area (Å²) in [6.07, 6.45) is 4.18. The van der Waals surface area contributed by atoms with E-state index in [0.29, 0.717) is 25.1 Å². The number of aromatic nitrogens is 2. The Morgan fingerprint density at radius 2 is 2.17 bits per heavy atom. The van der Waals surface area contributed by atoms with E-state index in [1.807, 2.05) is 38.3 Å². The summed E-state index contributed by atoms with van der Waals surface area (Å²) >= 11 is 0. The zero-order valence-electron chi connectivity index (χ0n) is 14.3. The van der Waals surface area contributed by atoms with Gasteiger partial charge in [0.25, 0.3) is 0 Å². The van der Waals surface area contributed by atoms with Crippen LogP contribution in [0.5, 0.6) is 0 Å². The number of aryl methyl sites for hydroxylation is 1. The monoisotopic (exact) mass is 335 g/mol. The molecule has 1 N–H and O–H groups in total. The summed E-state index contributed by atoms with van der Waals surface area (Å²) in [4.78, 5) is 6.51. The average molecular weight is 335 g/mol. The molecule has 0 unspecified atom stereocenters. The van der Waals surface area contributed by atoms with Gasteiger partial charge in [-0.25, -0.2) is 8.78 Å². The van der Waals surface area contributed by atoms with Gasteiger partial charge in [0.2, 0.25) is 0 Å². The SMILES string of the molecule is CCNC(=NCCc1ccc(F)cc1F)N(C)Cc1cnn(C)c1. The zero-order valence-corrected chi connectivity index (χ0v) is 14.3. The molecular formula is C17H23F2N5. The number of benzene rings is 1. The van der Waals surface area contributed by atoms with E-state index in [1.165, 1.54) is 12.1 Å². The second-order valence-electron chi connectivity index (χ2n) is 5.60. The molecule has 0 saturated carbocycles. The van der Waals surface area contributed by atoms with Crippen LogP contribution in [0.25, 0.3) is 0 Å². The van der Waals surface area contributed by atoms with Crippen molar-refractivity contribution in [2.45, 2.75) is 19.9 Å². The molecule has 0 amide bonds. The fourth-order valence-corrected chi connectivity index (χ4v) is 2.38. The van der Waals surface area contributed by atoms with Gasteiger partial charge >= 0.3 is 0 Å². The second-order valence-corrected chi connectivity index (χ2v) is 5.60. The molecule has 130 valence electrons. The minimum Gasteiger partial charge on any atom is -0.357 e. The molecule has 1 aromatic carbocycles. The molecule has 0 saturated heterocycles. The van der Waals surface area contributed by atoms with Gasteiger partial charge in [0.1, 0.15) is 11.6 Å². The zero-order chi connectivity index (χ0) is 17.5. The molecule has 7 heteroatoms. The van der Waals surface area contributed by atoms with E-state index in [1.54, 1.807) is 4.68 Å². The first-order valence-electron chi connectivity index (χ1n) is 7.90. The third kappa shape index (κ3) is 5.04. The normalized spacial score (nSPS) is 11.6. The number of rotatable bonds is 6. The second kappa shape index (κ2) is 8.42. The van der Waals surface area contributed by atoms with Gasteiger partial charge in [-0.05, 0) is 25.0 Å². The van der Waals surface area contributed by atoms with Gasteiger partial charge < -0.3 is 10.2 Å². The molecule has 2 aromatic rings. The van der Waals surface area contributed by atoms with Crippen molar-refractivity contribution >= 4 is 5.96 Å². The van der Waals surface area contributed by atoms with Gasteiger partial charge in [-0.15, -0.1) is 0 Å². The molecular weight excluding hydrogens is 312 g/mol. The van der Waals surface area contributed by atoms with E-state index < -0.39 is 11.6 Å². The number of nitrogens with zero attached hydrogens (tertiary/aromatic N) is 4. The highest BCUT2D eigenvalue weighted by Gasteiger charge is 2.08. The molecule has 5 nitrogen and oxygen atoms in total. The molecule has 0 aliphatic rings. The lowest BCUT2D eigenvalue weighted by atomic mass is 10.1. The molecule has 0 aliphatic carbocycles. The van der Waals surface area contributed by atoms with Crippen LogP contribution in [0.1, 0.15) is 18.1 Å². The summed E-state index contributed by atoms with van der Waals surface area (Å²) in [6, 6.07) is 3.63. The lowest BCUT2D eigenvalue weighted by Gasteiger charge is -2.21. The maximum absolute atomic E-state index is 13.6. The lowest BCUT2D eigenvalue weighted by molar-refractivity contribution is 0.476. The number of hydrogen-bond donors (Lipinski definition) is 1. The predicted molar refractivity (Wildman–Crippen MR) is 90.7 cm³/mol. The Morgan fingerprint density at radius 1 is 1.38 bits per heavy atom. The summed E-state index contributed by atoms with van der Waals surface area (Å²) in [6.45, 7) is 3.82. The fourth-order valence-electron chi connectivity index (χ4n) is 2.38. The first-order chi connectivity index (χ1) is 11.5. The van der Waals surface area contributed by atoms with Crippen LogP contribution in [0, 0.1) is 11.6 Å². The van der Waals surface area contributed by atoms with Crippen LogP contribution in [-0.4, -0.2) is 40.8 Å². The fraction of sp³-hybridized carbons (Fsp3) is 0.412. The van der Waals surface area contributed by atoms with E-state index in [0.717, 1.165) is 24.1 Å². The summed E-state index contributed by atoms with van der Waals surface area (Å²) < 4.78 is 28.3. The minimum atomic E-state index is -0.565. The van der Waals surface area contributed by atoms with Crippen LogP contribution < -0.4 is 5.32 Å². The summed E-state index contributed by atoms with van der Waals surface area (Å²) in [5.74, 6) is -0.355. The Kier molecular flexibility index (Phi) is 6.28. The Hall–Kier alpha value is -2.44. The molecule has 0 fully saturated rings. The van der Waals surface area contributed by atoms with Crippen molar-refractivity contribution in [2.75, 3.05) is 20.1 Å². The molecule has 1 heterocycles. The van der Waals surface area contributed by atoms with Gasteiger partial charge in [0.05, 0.1) is 6.20 Å². The first kappa shape index (κ1) is 17.9. The molecule has 0 radical (unpaired) electrons. The maximum atomic E-state index is 13.6. The molecule has 24 heavy (non-hydrogen) atoms. The molecule has 2 rings (SSSR count). The van der Waals surface area contributed by atoms with Crippen LogP contribution in [0.3, 0.4) is 0 Å². The quantitative estimate of drug-likeness (QED) is 0.651. The van der Waals surface area contributed by atoms with E-state index >= 15 is 0 Å². The topological polar surface area (TPSA) is 45.5 Å². The third-order valence-electron chi connectivity index (χ3n) is 3.53. The molecule has 0 spiro atoms. The van der Waals surface area contributed by atoms with Crippen molar-refractivity contribution in [2.24, 2.45) is 12.0 Å². The van der Waals surface area contributed by atoms with Crippen LogP contribution in [-0.2, 0) is 20.0 Å². The summed E-state index contributed by atoms with van der Waals surface area (Å²) in [5.41, 5.74) is 1.54. The Labute approximate surface area is 141 Å². The predicted octanol–water partition coefficient (Wildman–Crippen LogP) is 2.34. The molecule has 1 aromatic heterocycles. The van der Waals surface area contributed by atoms with E-state index in [4.69, 9.17) is 0 Å². The van der Waals surface area contributed by atoms with E-state index in [2.05, 4.69) is 15.4 Å². The molecule has 0 bridgehead atoms. The third-order valence-corrected chi connectivity index (χ3v) is 3.53. The van der Waals surface area contributed by atoms with Crippen molar-refractivity contribution in [3.63, 3.8) is 0 Å². The Bertz CT molecular complexity index is 696.